The van der Waals surface area contributed by atoms with Crippen LogP contribution in [0.3, 0.4) is 0 Å². The molecule has 0 saturated heterocycles. The fourth-order valence-electron chi connectivity index (χ4n) is 1.37. The molecule has 2 N–H and O–H groups in total. The van der Waals surface area contributed by atoms with Gasteiger partial charge in [0.25, 0.3) is 11.5 Å². The number of carbonyl (C=O) groups is 2. The number of carboxylic acids is 1. The maximum Gasteiger partial charge on any atom is 0.332 e. The second-order valence-corrected chi connectivity index (χ2v) is 4.42. The van der Waals surface area contributed by atoms with Gasteiger partial charge in [0.05, 0.1) is 11.7 Å². The summed E-state index contributed by atoms with van der Waals surface area (Å²) in [6.45, 7) is -0.945. The number of hydroxylamine groups is 1. The third kappa shape index (κ3) is 3.14. The van der Waals surface area contributed by atoms with E-state index in [-0.39, 0.29) is 12.1 Å². The van der Waals surface area contributed by atoms with E-state index < -0.39 is 18.5 Å². The molecule has 9 heteroatoms. The van der Waals surface area contributed by atoms with Gasteiger partial charge in [0.2, 0.25) is 0 Å². The van der Waals surface area contributed by atoms with Gasteiger partial charge in [-0.1, -0.05) is 0 Å². The molecular weight excluding hydrogens is 274 g/mol. The third-order valence-corrected chi connectivity index (χ3v) is 2.97. The van der Waals surface area contributed by atoms with Crippen molar-refractivity contribution in [2.24, 2.45) is 0 Å². The van der Waals surface area contributed by atoms with Crippen molar-refractivity contribution in [3.8, 4) is 0 Å². The van der Waals surface area contributed by atoms with Gasteiger partial charge < -0.3 is 5.11 Å². The van der Waals surface area contributed by atoms with E-state index in [9.17, 15) is 14.4 Å². The topological polar surface area (TPSA) is 111 Å². The first-order valence-electron chi connectivity index (χ1n) is 5.13. The molecule has 0 spiro atoms. The summed E-state index contributed by atoms with van der Waals surface area (Å²) in [5, 5.41) is 10.5. The number of carboxylic acid groups (broad SMARTS) is 1. The smallest absolute Gasteiger partial charge is 0.332 e. The number of aliphatic carboxylic acids is 1. The molecule has 2 rings (SSSR count). The van der Waals surface area contributed by atoms with Crippen LogP contribution in [0.25, 0.3) is 10.2 Å². The van der Waals surface area contributed by atoms with Gasteiger partial charge in [0, 0.05) is 0 Å². The Kier molecular flexibility index (Phi) is 3.88. The Labute approximate surface area is 110 Å². The molecule has 0 saturated carbocycles. The van der Waals surface area contributed by atoms with Crippen molar-refractivity contribution in [3.63, 3.8) is 0 Å². The molecule has 19 heavy (non-hydrogen) atoms. The highest BCUT2D eigenvalue weighted by atomic mass is 32.1. The van der Waals surface area contributed by atoms with E-state index in [0.29, 0.717) is 10.2 Å². The molecule has 0 aliphatic heterocycles. The van der Waals surface area contributed by atoms with Gasteiger partial charge in [-0.25, -0.2) is 15.3 Å². The fraction of sp³-hybridized carbons (Fsp3) is 0.200. The zero-order valence-electron chi connectivity index (χ0n) is 9.53. The minimum Gasteiger partial charge on any atom is -0.479 e. The molecule has 2 heterocycles. The average molecular weight is 283 g/mol. The zero-order chi connectivity index (χ0) is 13.8. The van der Waals surface area contributed by atoms with Crippen LogP contribution in [-0.2, 0) is 21.0 Å². The Bertz CT molecular complexity index is 677. The van der Waals surface area contributed by atoms with Crippen LogP contribution < -0.4 is 11.0 Å². The number of nitrogens with one attached hydrogen (secondary N) is 1. The first-order valence-corrected chi connectivity index (χ1v) is 6.01. The highest BCUT2D eigenvalue weighted by Gasteiger charge is 2.09. The second kappa shape index (κ2) is 5.59. The third-order valence-electron chi connectivity index (χ3n) is 2.15. The molecule has 0 atom stereocenters. The molecule has 0 fully saturated rings. The van der Waals surface area contributed by atoms with Crippen molar-refractivity contribution in [1.82, 2.24) is 15.0 Å². The SMILES string of the molecule is O=C(O)CONC(=O)Cn1cnc2sccc2c1=O. The Morgan fingerprint density at radius 2 is 2.32 bits per heavy atom. The molecule has 0 radical (unpaired) electrons. The van der Waals surface area contributed by atoms with E-state index in [4.69, 9.17) is 5.11 Å². The molecule has 0 aromatic carbocycles. The summed E-state index contributed by atoms with van der Waals surface area (Å²) < 4.78 is 1.12. The molecular formula is C10H9N3O5S. The normalized spacial score (nSPS) is 10.5. The van der Waals surface area contributed by atoms with E-state index in [1.165, 1.54) is 17.7 Å². The van der Waals surface area contributed by atoms with Crippen molar-refractivity contribution in [2.75, 3.05) is 6.61 Å². The molecule has 0 aliphatic rings. The number of nitrogens with zero attached hydrogens (tertiary/aromatic N) is 2. The molecule has 1 amide bonds. The average Bonchev–Trinajstić information content (AvgIpc) is 2.81. The highest BCUT2D eigenvalue weighted by Crippen LogP contribution is 2.12. The van der Waals surface area contributed by atoms with Crippen molar-refractivity contribution in [2.45, 2.75) is 6.54 Å². The number of thiophene rings is 1. The van der Waals surface area contributed by atoms with Crippen molar-refractivity contribution in [3.05, 3.63) is 28.1 Å². The largest absolute Gasteiger partial charge is 0.479 e. The van der Waals surface area contributed by atoms with Crippen LogP contribution in [0.5, 0.6) is 0 Å². The van der Waals surface area contributed by atoms with Crippen LogP contribution in [0.1, 0.15) is 0 Å². The second-order valence-electron chi connectivity index (χ2n) is 3.52. The molecule has 0 aliphatic carbocycles. The Balaban J connectivity index is 2.04. The molecule has 100 valence electrons. The summed E-state index contributed by atoms with van der Waals surface area (Å²) >= 11 is 1.33. The number of hydrogen-bond acceptors (Lipinski definition) is 6. The van der Waals surface area contributed by atoms with Crippen LogP contribution in [0.2, 0.25) is 0 Å². The standard InChI is InChI=1S/C10H9N3O5S/c14-7(12-18-4-8(15)16)3-13-5-11-9-6(10(13)17)1-2-19-9/h1-2,5H,3-4H2,(H,12,14)(H,15,16). The molecule has 2 aromatic heterocycles. The maximum absolute atomic E-state index is 11.9. The number of hydrogen-bond donors (Lipinski definition) is 2. The lowest BCUT2D eigenvalue weighted by atomic mass is 10.4. The van der Waals surface area contributed by atoms with Crippen LogP contribution in [0.4, 0.5) is 0 Å². The van der Waals surface area contributed by atoms with Gasteiger partial charge in [-0.05, 0) is 11.4 Å². The predicted octanol–water partition coefficient (Wildman–Crippen LogP) is -0.410. The van der Waals surface area contributed by atoms with Crippen LogP contribution >= 0.6 is 11.3 Å². The van der Waals surface area contributed by atoms with Crippen LogP contribution in [-0.4, -0.2) is 33.1 Å². The van der Waals surface area contributed by atoms with Gasteiger partial charge in [-0.2, -0.15) is 0 Å². The lowest BCUT2D eigenvalue weighted by Crippen LogP contribution is -2.33. The van der Waals surface area contributed by atoms with E-state index in [1.54, 1.807) is 11.4 Å². The molecule has 0 bridgehead atoms. The lowest BCUT2D eigenvalue weighted by Gasteiger charge is -2.05. The number of carbonyl (C=O) groups excluding carboxylic acids is 1. The Morgan fingerprint density at radius 3 is 3.05 bits per heavy atom. The fourth-order valence-corrected chi connectivity index (χ4v) is 2.09. The van der Waals surface area contributed by atoms with Gasteiger partial charge in [-0.3, -0.25) is 19.0 Å². The van der Waals surface area contributed by atoms with Gasteiger partial charge in [0.15, 0.2) is 6.61 Å². The first kappa shape index (κ1) is 13.2. The van der Waals surface area contributed by atoms with Gasteiger partial charge in [-0.15, -0.1) is 11.3 Å². The van der Waals surface area contributed by atoms with Crippen LogP contribution in [0, 0.1) is 0 Å². The molecule has 2 aromatic rings. The Hall–Kier alpha value is -2.26. The van der Waals surface area contributed by atoms with E-state index in [1.807, 2.05) is 5.48 Å². The van der Waals surface area contributed by atoms with Crippen molar-refractivity contribution >= 4 is 33.4 Å². The first-order chi connectivity index (χ1) is 9.08. The number of amides is 1. The lowest BCUT2D eigenvalue weighted by molar-refractivity contribution is -0.149. The minimum absolute atomic E-state index is 0.294. The summed E-state index contributed by atoms with van der Waals surface area (Å²) in [6, 6.07) is 1.63. The van der Waals surface area contributed by atoms with E-state index >= 15 is 0 Å². The van der Waals surface area contributed by atoms with Crippen molar-refractivity contribution < 1.29 is 19.5 Å². The summed E-state index contributed by atoms with van der Waals surface area (Å²) in [7, 11) is 0. The number of aromatic nitrogens is 2. The van der Waals surface area contributed by atoms with Crippen molar-refractivity contribution in [1.29, 1.82) is 0 Å². The monoisotopic (exact) mass is 283 g/mol. The summed E-state index contributed by atoms with van der Waals surface area (Å²) in [6.07, 6.45) is 1.26. The van der Waals surface area contributed by atoms with E-state index in [0.717, 1.165) is 4.57 Å². The zero-order valence-corrected chi connectivity index (χ0v) is 10.3. The van der Waals surface area contributed by atoms with Gasteiger partial charge >= 0.3 is 5.97 Å². The summed E-state index contributed by atoms with van der Waals surface area (Å²) in [5.74, 6) is -1.85. The number of rotatable bonds is 5. The highest BCUT2D eigenvalue weighted by molar-refractivity contribution is 7.16. The van der Waals surface area contributed by atoms with Crippen LogP contribution in [0.15, 0.2) is 22.6 Å². The Morgan fingerprint density at radius 1 is 1.53 bits per heavy atom. The molecule has 8 nitrogen and oxygen atoms in total. The van der Waals surface area contributed by atoms with Gasteiger partial charge in [0.1, 0.15) is 11.4 Å². The quantitative estimate of drug-likeness (QED) is 0.722. The molecule has 0 unspecified atom stereocenters. The maximum atomic E-state index is 11.9. The number of fused-ring (bicyclic) bond motifs is 1. The predicted molar refractivity (Wildman–Crippen MR) is 65.6 cm³/mol. The summed E-state index contributed by atoms with van der Waals surface area (Å²) in [5.41, 5.74) is 1.59. The minimum atomic E-state index is -1.21. The van der Waals surface area contributed by atoms with E-state index in [2.05, 4.69) is 9.82 Å². The summed E-state index contributed by atoms with van der Waals surface area (Å²) in [4.78, 5) is 42.5.